The Morgan fingerprint density at radius 2 is 2.04 bits per heavy atom. The van der Waals surface area contributed by atoms with Gasteiger partial charge < -0.3 is 19.9 Å². The van der Waals surface area contributed by atoms with Gasteiger partial charge in [-0.15, -0.1) is 5.10 Å². The standard InChI is InChI=1S/C19H26N6O3/c1-13-5-6-15(9-14(13)2)20-19(27)24-10-16(11-24)25-12-17(21-22-25)18(26)23(3)7-8-28-4/h5-6,9,12,16H,7-8,10-11H2,1-4H3,(H,20,27). The molecular formula is C19H26N6O3. The number of aryl methyl sites for hydroxylation is 2. The molecule has 0 atom stereocenters. The van der Waals surface area contributed by atoms with Crippen molar-refractivity contribution in [1.82, 2.24) is 24.8 Å². The van der Waals surface area contributed by atoms with Crippen molar-refractivity contribution in [2.75, 3.05) is 45.7 Å². The second kappa shape index (κ2) is 8.39. The van der Waals surface area contributed by atoms with Crippen LogP contribution in [0.25, 0.3) is 0 Å². The second-order valence-electron chi connectivity index (χ2n) is 7.09. The summed E-state index contributed by atoms with van der Waals surface area (Å²) in [4.78, 5) is 27.9. The van der Waals surface area contributed by atoms with E-state index in [9.17, 15) is 9.59 Å². The summed E-state index contributed by atoms with van der Waals surface area (Å²) in [7, 11) is 3.29. The van der Waals surface area contributed by atoms with Crippen molar-refractivity contribution >= 4 is 17.6 Å². The van der Waals surface area contributed by atoms with E-state index in [0.717, 1.165) is 11.3 Å². The SMILES string of the molecule is COCCN(C)C(=O)c1cn(C2CN(C(=O)Nc3ccc(C)c(C)c3)C2)nn1. The fraction of sp³-hybridized carbons (Fsp3) is 0.474. The van der Waals surface area contributed by atoms with Crippen LogP contribution in [0.2, 0.25) is 0 Å². The number of amides is 3. The van der Waals surface area contributed by atoms with E-state index >= 15 is 0 Å². The van der Waals surface area contributed by atoms with Gasteiger partial charge in [-0.1, -0.05) is 11.3 Å². The molecule has 0 bridgehead atoms. The number of urea groups is 1. The van der Waals surface area contributed by atoms with Gasteiger partial charge in [-0.3, -0.25) is 4.79 Å². The predicted molar refractivity (Wildman–Crippen MR) is 104 cm³/mol. The number of anilines is 1. The number of likely N-dealkylation sites (tertiary alicyclic amines) is 1. The van der Waals surface area contributed by atoms with E-state index in [1.807, 2.05) is 32.0 Å². The van der Waals surface area contributed by atoms with Gasteiger partial charge in [0.15, 0.2) is 5.69 Å². The zero-order valence-corrected chi connectivity index (χ0v) is 16.7. The van der Waals surface area contributed by atoms with Gasteiger partial charge >= 0.3 is 6.03 Å². The molecule has 2 aromatic rings. The number of rotatable bonds is 6. The van der Waals surface area contributed by atoms with Crippen LogP contribution in [0.4, 0.5) is 10.5 Å². The zero-order chi connectivity index (χ0) is 20.3. The molecule has 1 aliphatic heterocycles. The van der Waals surface area contributed by atoms with Crippen molar-refractivity contribution in [2.45, 2.75) is 19.9 Å². The lowest BCUT2D eigenvalue weighted by Gasteiger charge is -2.38. The number of likely N-dealkylation sites (N-methyl/N-ethyl adjacent to an activating group) is 1. The van der Waals surface area contributed by atoms with Crippen molar-refractivity contribution in [3.05, 3.63) is 41.2 Å². The first kappa shape index (κ1) is 19.8. The smallest absolute Gasteiger partial charge is 0.321 e. The first-order valence-corrected chi connectivity index (χ1v) is 9.18. The highest BCUT2D eigenvalue weighted by Gasteiger charge is 2.33. The molecule has 3 rings (SSSR count). The van der Waals surface area contributed by atoms with E-state index in [1.54, 1.807) is 34.8 Å². The number of hydrogen-bond acceptors (Lipinski definition) is 5. The molecule has 28 heavy (non-hydrogen) atoms. The number of aromatic nitrogens is 3. The molecule has 0 aliphatic carbocycles. The highest BCUT2D eigenvalue weighted by molar-refractivity contribution is 5.92. The highest BCUT2D eigenvalue weighted by atomic mass is 16.5. The van der Waals surface area contributed by atoms with E-state index < -0.39 is 0 Å². The average molecular weight is 386 g/mol. The summed E-state index contributed by atoms with van der Waals surface area (Å²) < 4.78 is 6.63. The van der Waals surface area contributed by atoms with Crippen LogP contribution in [0.15, 0.2) is 24.4 Å². The topological polar surface area (TPSA) is 92.6 Å². The quantitative estimate of drug-likeness (QED) is 0.816. The van der Waals surface area contributed by atoms with Crippen molar-refractivity contribution < 1.29 is 14.3 Å². The molecule has 2 heterocycles. The minimum absolute atomic E-state index is 0.0174. The summed E-state index contributed by atoms with van der Waals surface area (Å²) in [5, 5.41) is 10.9. The molecule has 1 saturated heterocycles. The minimum atomic E-state index is -0.202. The number of carbonyl (C=O) groups is 2. The number of nitrogens with one attached hydrogen (secondary N) is 1. The Hall–Kier alpha value is -2.94. The number of benzene rings is 1. The first-order chi connectivity index (χ1) is 13.4. The summed E-state index contributed by atoms with van der Waals surface area (Å²) in [6.07, 6.45) is 1.63. The molecule has 0 unspecified atom stereocenters. The third kappa shape index (κ3) is 4.30. The summed E-state index contributed by atoms with van der Waals surface area (Å²) in [6, 6.07) is 5.72. The number of hydrogen-bond donors (Lipinski definition) is 1. The largest absolute Gasteiger partial charge is 0.383 e. The van der Waals surface area contributed by atoms with Crippen LogP contribution in [0.5, 0.6) is 0 Å². The van der Waals surface area contributed by atoms with E-state index in [-0.39, 0.29) is 23.7 Å². The Labute approximate surface area is 164 Å². The van der Waals surface area contributed by atoms with Gasteiger partial charge in [0.1, 0.15) is 0 Å². The fourth-order valence-electron chi connectivity index (χ4n) is 2.89. The molecule has 1 aromatic carbocycles. The van der Waals surface area contributed by atoms with Crippen molar-refractivity contribution in [3.63, 3.8) is 0 Å². The maximum absolute atomic E-state index is 12.4. The van der Waals surface area contributed by atoms with Crippen molar-refractivity contribution in [2.24, 2.45) is 0 Å². The first-order valence-electron chi connectivity index (χ1n) is 9.18. The van der Waals surface area contributed by atoms with Crippen LogP contribution in [0, 0.1) is 13.8 Å². The molecule has 0 spiro atoms. The molecule has 3 amide bonds. The maximum Gasteiger partial charge on any atom is 0.321 e. The number of carbonyl (C=O) groups excluding carboxylic acids is 2. The summed E-state index contributed by atoms with van der Waals surface area (Å²) in [5.41, 5.74) is 3.39. The minimum Gasteiger partial charge on any atom is -0.383 e. The van der Waals surface area contributed by atoms with Crippen molar-refractivity contribution in [3.8, 4) is 0 Å². The Kier molecular flexibility index (Phi) is 5.93. The maximum atomic E-state index is 12.4. The average Bonchev–Trinajstić information content (AvgIpc) is 3.10. The van der Waals surface area contributed by atoms with Crippen LogP contribution in [0.1, 0.15) is 27.7 Å². The van der Waals surface area contributed by atoms with Crippen LogP contribution >= 0.6 is 0 Å². The van der Waals surface area contributed by atoms with Gasteiger partial charge in [-0.2, -0.15) is 0 Å². The Bertz CT molecular complexity index is 859. The normalized spacial score (nSPS) is 13.9. The fourth-order valence-corrected chi connectivity index (χ4v) is 2.89. The second-order valence-corrected chi connectivity index (χ2v) is 7.09. The molecular weight excluding hydrogens is 360 g/mol. The van der Waals surface area contributed by atoms with E-state index in [4.69, 9.17) is 4.74 Å². The van der Waals surface area contributed by atoms with Gasteiger partial charge in [-0.05, 0) is 37.1 Å². The van der Waals surface area contributed by atoms with Gasteiger partial charge in [0.2, 0.25) is 0 Å². The van der Waals surface area contributed by atoms with Crippen molar-refractivity contribution in [1.29, 1.82) is 0 Å². The molecule has 0 saturated carbocycles. The summed E-state index contributed by atoms with van der Waals surface area (Å²) in [5.74, 6) is -0.202. The molecule has 1 N–H and O–H groups in total. The lowest BCUT2D eigenvalue weighted by Crippen LogP contribution is -2.52. The molecule has 150 valence electrons. The zero-order valence-electron chi connectivity index (χ0n) is 16.7. The Balaban J connectivity index is 1.52. The van der Waals surface area contributed by atoms with E-state index in [0.29, 0.717) is 26.2 Å². The third-order valence-corrected chi connectivity index (χ3v) is 4.99. The van der Waals surface area contributed by atoms with Crippen LogP contribution in [-0.4, -0.2) is 77.1 Å². The Morgan fingerprint density at radius 1 is 1.29 bits per heavy atom. The lowest BCUT2D eigenvalue weighted by molar-refractivity contribution is 0.0738. The monoisotopic (exact) mass is 386 g/mol. The molecule has 9 heteroatoms. The number of ether oxygens (including phenoxy) is 1. The lowest BCUT2D eigenvalue weighted by atomic mass is 10.1. The molecule has 1 aliphatic rings. The number of nitrogens with zero attached hydrogens (tertiary/aromatic N) is 5. The van der Waals surface area contributed by atoms with E-state index in [2.05, 4.69) is 15.6 Å². The number of methoxy groups -OCH3 is 1. The van der Waals surface area contributed by atoms with Gasteiger partial charge in [-0.25, -0.2) is 9.48 Å². The van der Waals surface area contributed by atoms with Crippen LogP contribution < -0.4 is 5.32 Å². The van der Waals surface area contributed by atoms with Crippen LogP contribution in [0.3, 0.4) is 0 Å². The third-order valence-electron chi connectivity index (χ3n) is 4.99. The van der Waals surface area contributed by atoms with Crippen LogP contribution in [-0.2, 0) is 4.74 Å². The molecule has 1 fully saturated rings. The highest BCUT2D eigenvalue weighted by Crippen LogP contribution is 2.22. The Morgan fingerprint density at radius 3 is 2.71 bits per heavy atom. The van der Waals surface area contributed by atoms with E-state index in [1.165, 1.54) is 5.56 Å². The molecule has 1 aromatic heterocycles. The van der Waals surface area contributed by atoms with Gasteiger partial charge in [0.05, 0.1) is 18.8 Å². The van der Waals surface area contributed by atoms with Gasteiger partial charge in [0, 0.05) is 39.5 Å². The summed E-state index contributed by atoms with van der Waals surface area (Å²) in [6.45, 7) is 6.04. The predicted octanol–water partition coefficient (Wildman–Crippen LogP) is 1.70. The molecule has 0 radical (unpaired) electrons. The summed E-state index contributed by atoms with van der Waals surface area (Å²) >= 11 is 0. The van der Waals surface area contributed by atoms with Gasteiger partial charge in [0.25, 0.3) is 5.91 Å². The molecule has 9 nitrogen and oxygen atoms in total.